The van der Waals surface area contributed by atoms with Gasteiger partial charge in [0.05, 0.1) is 5.56 Å². The fraction of sp³-hybridized carbons (Fsp3) is 0.500. The van der Waals surface area contributed by atoms with Crippen LogP contribution in [0.25, 0.3) is 0 Å². The van der Waals surface area contributed by atoms with Gasteiger partial charge in [-0.3, -0.25) is 0 Å². The van der Waals surface area contributed by atoms with Crippen LogP contribution in [0, 0.1) is 0 Å². The van der Waals surface area contributed by atoms with E-state index in [2.05, 4.69) is 0 Å². The van der Waals surface area contributed by atoms with Gasteiger partial charge in [-0.1, -0.05) is 0 Å². The Balaban J connectivity index is 2.11. The van der Waals surface area contributed by atoms with Crippen molar-refractivity contribution in [2.45, 2.75) is 18.9 Å². The average molecular weight is 195 g/mol. The minimum absolute atomic E-state index is 0.358. The first-order valence-electron chi connectivity index (χ1n) is 4.76. The zero-order valence-corrected chi connectivity index (χ0v) is 7.85. The molecule has 0 amide bonds. The molecular weight excluding hydrogens is 182 g/mol. The highest BCUT2D eigenvalue weighted by Gasteiger charge is 2.16. The van der Waals surface area contributed by atoms with Gasteiger partial charge in [-0.15, -0.1) is 0 Å². The Labute approximate surface area is 82.1 Å². The Kier molecular flexibility index (Phi) is 2.54. The molecule has 1 saturated heterocycles. The molecule has 4 heteroatoms. The largest absolute Gasteiger partial charge is 0.478 e. The van der Waals surface area contributed by atoms with E-state index in [1.165, 1.54) is 0 Å². The maximum absolute atomic E-state index is 10.7. The van der Waals surface area contributed by atoms with Gasteiger partial charge in [-0.05, 0) is 18.9 Å². The van der Waals surface area contributed by atoms with E-state index in [1.54, 1.807) is 12.3 Å². The summed E-state index contributed by atoms with van der Waals surface area (Å²) in [5, 5.41) is 8.76. The summed E-state index contributed by atoms with van der Waals surface area (Å²) in [7, 11) is 0. The molecule has 2 heterocycles. The van der Waals surface area contributed by atoms with E-state index < -0.39 is 5.97 Å². The fourth-order valence-electron chi connectivity index (χ4n) is 1.75. The highest BCUT2D eigenvalue weighted by Crippen LogP contribution is 2.21. The highest BCUT2D eigenvalue weighted by molar-refractivity contribution is 5.87. The van der Waals surface area contributed by atoms with Gasteiger partial charge in [-0.25, -0.2) is 4.79 Å². The molecule has 0 unspecified atom stereocenters. The van der Waals surface area contributed by atoms with Crippen molar-refractivity contribution in [3.05, 3.63) is 24.0 Å². The number of carboxylic acid groups (broad SMARTS) is 1. The van der Waals surface area contributed by atoms with Crippen LogP contribution in [0.5, 0.6) is 0 Å². The van der Waals surface area contributed by atoms with E-state index in [0.29, 0.717) is 11.6 Å². The Morgan fingerprint density at radius 1 is 1.50 bits per heavy atom. The third kappa shape index (κ3) is 1.80. The molecule has 4 nitrogen and oxygen atoms in total. The lowest BCUT2D eigenvalue weighted by molar-refractivity contribution is 0.0684. The number of carbonyl (C=O) groups is 1. The van der Waals surface area contributed by atoms with Gasteiger partial charge >= 0.3 is 5.97 Å². The Hall–Kier alpha value is -1.29. The third-order valence-electron chi connectivity index (χ3n) is 2.57. The van der Waals surface area contributed by atoms with Gasteiger partial charge < -0.3 is 14.4 Å². The average Bonchev–Trinajstić information content (AvgIpc) is 2.68. The van der Waals surface area contributed by atoms with Gasteiger partial charge in [0.1, 0.15) is 0 Å². The first-order chi connectivity index (χ1) is 6.77. The van der Waals surface area contributed by atoms with Crippen LogP contribution in [-0.2, 0) is 4.74 Å². The third-order valence-corrected chi connectivity index (χ3v) is 2.57. The molecule has 1 N–H and O–H groups in total. The lowest BCUT2D eigenvalue weighted by atomic mass is 10.1. The van der Waals surface area contributed by atoms with Crippen LogP contribution in [0.15, 0.2) is 18.5 Å². The number of hydrogen-bond acceptors (Lipinski definition) is 2. The topological polar surface area (TPSA) is 51.5 Å². The molecular formula is C10H13NO3. The number of rotatable bonds is 2. The molecule has 2 rings (SSSR count). The zero-order valence-electron chi connectivity index (χ0n) is 7.85. The van der Waals surface area contributed by atoms with Crippen molar-refractivity contribution >= 4 is 5.97 Å². The molecule has 1 aromatic rings. The van der Waals surface area contributed by atoms with Gasteiger partial charge in [0.2, 0.25) is 0 Å². The SMILES string of the molecule is O=C(O)c1ccn(C2CCOCC2)c1. The van der Waals surface area contributed by atoms with Crippen LogP contribution in [0.3, 0.4) is 0 Å². The summed E-state index contributed by atoms with van der Waals surface area (Å²) in [6.45, 7) is 1.54. The lowest BCUT2D eigenvalue weighted by Gasteiger charge is -2.23. The van der Waals surface area contributed by atoms with Crippen LogP contribution in [0.2, 0.25) is 0 Å². The summed E-state index contributed by atoms with van der Waals surface area (Å²) >= 11 is 0. The zero-order chi connectivity index (χ0) is 9.97. The molecule has 0 spiro atoms. The fourth-order valence-corrected chi connectivity index (χ4v) is 1.75. The molecule has 14 heavy (non-hydrogen) atoms. The Morgan fingerprint density at radius 2 is 2.21 bits per heavy atom. The number of hydrogen-bond donors (Lipinski definition) is 1. The minimum Gasteiger partial charge on any atom is -0.478 e. The number of aromatic carboxylic acids is 1. The second kappa shape index (κ2) is 3.84. The molecule has 76 valence electrons. The molecule has 0 aromatic carbocycles. The van der Waals surface area contributed by atoms with Crippen molar-refractivity contribution < 1.29 is 14.6 Å². The van der Waals surface area contributed by atoms with Crippen molar-refractivity contribution in [1.29, 1.82) is 0 Å². The van der Waals surface area contributed by atoms with Crippen LogP contribution < -0.4 is 0 Å². The van der Waals surface area contributed by atoms with Crippen LogP contribution in [-0.4, -0.2) is 28.9 Å². The molecule has 0 aliphatic carbocycles. The molecule has 0 atom stereocenters. The summed E-state index contributed by atoms with van der Waals surface area (Å²) in [4.78, 5) is 10.7. The van der Waals surface area contributed by atoms with Gasteiger partial charge in [-0.2, -0.15) is 0 Å². The smallest absolute Gasteiger partial charge is 0.337 e. The number of ether oxygens (including phenoxy) is 1. The summed E-state index contributed by atoms with van der Waals surface area (Å²) < 4.78 is 7.22. The van der Waals surface area contributed by atoms with Crippen LogP contribution in [0.4, 0.5) is 0 Å². The van der Waals surface area contributed by atoms with E-state index >= 15 is 0 Å². The second-order valence-corrected chi connectivity index (χ2v) is 3.50. The second-order valence-electron chi connectivity index (χ2n) is 3.50. The Morgan fingerprint density at radius 3 is 2.79 bits per heavy atom. The quantitative estimate of drug-likeness (QED) is 0.778. The summed E-state index contributed by atoms with van der Waals surface area (Å²) in [5.41, 5.74) is 0.358. The standard InChI is InChI=1S/C10H13NO3/c12-10(13)8-1-4-11(7-8)9-2-5-14-6-3-9/h1,4,7,9H,2-3,5-6H2,(H,12,13). The van der Waals surface area contributed by atoms with Crippen molar-refractivity contribution in [2.75, 3.05) is 13.2 Å². The van der Waals surface area contributed by atoms with E-state index in [0.717, 1.165) is 26.1 Å². The van der Waals surface area contributed by atoms with Crippen molar-refractivity contribution in [1.82, 2.24) is 4.57 Å². The van der Waals surface area contributed by atoms with Crippen molar-refractivity contribution in [3.8, 4) is 0 Å². The summed E-state index contributed by atoms with van der Waals surface area (Å²) in [5.74, 6) is -0.865. The van der Waals surface area contributed by atoms with E-state index in [9.17, 15) is 4.79 Å². The molecule has 1 aromatic heterocycles. The lowest BCUT2D eigenvalue weighted by Crippen LogP contribution is -2.18. The van der Waals surface area contributed by atoms with E-state index in [-0.39, 0.29) is 0 Å². The number of aromatic nitrogens is 1. The molecule has 0 bridgehead atoms. The summed E-state index contributed by atoms with van der Waals surface area (Å²) in [6, 6.07) is 2.04. The van der Waals surface area contributed by atoms with Crippen LogP contribution >= 0.6 is 0 Å². The highest BCUT2D eigenvalue weighted by atomic mass is 16.5. The maximum Gasteiger partial charge on any atom is 0.337 e. The molecule has 0 radical (unpaired) electrons. The van der Waals surface area contributed by atoms with Crippen molar-refractivity contribution in [3.63, 3.8) is 0 Å². The predicted molar refractivity (Wildman–Crippen MR) is 50.5 cm³/mol. The van der Waals surface area contributed by atoms with E-state index in [1.807, 2.05) is 10.8 Å². The Bertz CT molecular complexity index is 326. The monoisotopic (exact) mass is 195 g/mol. The van der Waals surface area contributed by atoms with Gasteiger partial charge in [0.15, 0.2) is 0 Å². The van der Waals surface area contributed by atoms with Crippen LogP contribution in [0.1, 0.15) is 29.2 Å². The molecule has 1 fully saturated rings. The van der Waals surface area contributed by atoms with Gasteiger partial charge in [0, 0.05) is 31.6 Å². The normalized spacial score (nSPS) is 18.3. The first-order valence-corrected chi connectivity index (χ1v) is 4.76. The predicted octanol–water partition coefficient (Wildman–Crippen LogP) is 1.54. The van der Waals surface area contributed by atoms with Gasteiger partial charge in [0.25, 0.3) is 0 Å². The maximum atomic E-state index is 10.7. The summed E-state index contributed by atoms with van der Waals surface area (Å²) in [6.07, 6.45) is 5.46. The number of nitrogens with zero attached hydrogens (tertiary/aromatic N) is 1. The molecule has 1 aliphatic heterocycles. The van der Waals surface area contributed by atoms with Crippen molar-refractivity contribution in [2.24, 2.45) is 0 Å². The molecule has 0 saturated carbocycles. The minimum atomic E-state index is -0.865. The van der Waals surface area contributed by atoms with E-state index in [4.69, 9.17) is 9.84 Å². The molecule has 1 aliphatic rings. The number of carboxylic acids is 1. The first kappa shape index (κ1) is 9.27.